The summed E-state index contributed by atoms with van der Waals surface area (Å²) < 4.78 is 39.3. The first-order valence-electron chi connectivity index (χ1n) is 7.85. The van der Waals surface area contributed by atoms with E-state index >= 15 is 0 Å². The Morgan fingerprint density at radius 3 is 2.48 bits per heavy atom. The summed E-state index contributed by atoms with van der Waals surface area (Å²) in [6, 6.07) is 13.0. The number of nitrogens with one attached hydrogen (secondary N) is 1. The topological polar surface area (TPSA) is 58.1 Å². The van der Waals surface area contributed by atoms with E-state index in [1.807, 2.05) is 0 Å². The fraction of sp³-hybridized carbons (Fsp3) is 0.167. The highest BCUT2D eigenvalue weighted by Gasteiger charge is 2.36. The molecule has 140 valence electrons. The molecule has 0 saturated heterocycles. The number of benzene rings is 2. The number of aromatic nitrogens is 2. The summed E-state index contributed by atoms with van der Waals surface area (Å²) >= 11 is 6.00. The normalized spacial score (nSPS) is 11.4. The van der Waals surface area contributed by atoms with Crippen LogP contribution in [0.15, 0.2) is 48.5 Å². The minimum absolute atomic E-state index is 0.0160. The summed E-state index contributed by atoms with van der Waals surface area (Å²) in [5.74, 6) is -1.68. The fourth-order valence-electron chi connectivity index (χ4n) is 2.52. The van der Waals surface area contributed by atoms with Crippen LogP contribution in [0.25, 0.3) is 10.9 Å². The number of rotatable bonds is 4. The Labute approximate surface area is 157 Å². The lowest BCUT2D eigenvalue weighted by Crippen LogP contribution is -2.31. The minimum Gasteiger partial charge on any atom is -0.350 e. The van der Waals surface area contributed by atoms with Gasteiger partial charge >= 0.3 is 6.18 Å². The summed E-state index contributed by atoms with van der Waals surface area (Å²) in [7, 11) is 1.49. The van der Waals surface area contributed by atoms with E-state index in [9.17, 15) is 18.0 Å². The largest absolute Gasteiger partial charge is 0.451 e. The van der Waals surface area contributed by atoms with Gasteiger partial charge in [-0.1, -0.05) is 35.9 Å². The second-order valence-corrected chi connectivity index (χ2v) is 6.18. The van der Waals surface area contributed by atoms with Crippen molar-refractivity contribution in [2.75, 3.05) is 23.8 Å². The van der Waals surface area contributed by atoms with Crippen LogP contribution in [0.2, 0.25) is 5.02 Å². The van der Waals surface area contributed by atoms with Crippen LogP contribution in [0.4, 0.5) is 24.7 Å². The van der Waals surface area contributed by atoms with Gasteiger partial charge in [0, 0.05) is 12.4 Å². The highest BCUT2D eigenvalue weighted by Crippen LogP contribution is 2.31. The van der Waals surface area contributed by atoms with Crippen molar-refractivity contribution in [2.45, 2.75) is 6.18 Å². The van der Waals surface area contributed by atoms with Crippen molar-refractivity contribution in [3.63, 3.8) is 0 Å². The first-order chi connectivity index (χ1) is 12.8. The van der Waals surface area contributed by atoms with Crippen molar-refractivity contribution < 1.29 is 18.0 Å². The summed E-state index contributed by atoms with van der Waals surface area (Å²) in [6.45, 7) is -0.219. The lowest BCUT2D eigenvalue weighted by Gasteiger charge is -2.20. The molecule has 0 fully saturated rings. The quantitative estimate of drug-likeness (QED) is 0.713. The molecule has 1 aromatic heterocycles. The van der Waals surface area contributed by atoms with Gasteiger partial charge in [0.25, 0.3) is 0 Å². The van der Waals surface area contributed by atoms with Crippen molar-refractivity contribution in [1.82, 2.24) is 9.97 Å². The standard InChI is InChI=1S/C18H14ClF3N4O/c1-26(10-15(27)23-14-9-5-3-7-12(14)19)16-11-6-2-4-8-13(11)24-17(25-16)18(20,21)22/h2-9H,10H2,1H3,(H,23,27). The van der Waals surface area contributed by atoms with E-state index in [-0.39, 0.29) is 17.9 Å². The molecule has 0 aliphatic rings. The molecule has 0 bridgehead atoms. The number of hydrogen-bond donors (Lipinski definition) is 1. The third-order valence-corrected chi connectivity index (χ3v) is 4.06. The molecular formula is C18H14ClF3N4O. The zero-order valence-corrected chi connectivity index (χ0v) is 14.8. The Bertz CT molecular complexity index is 994. The highest BCUT2D eigenvalue weighted by molar-refractivity contribution is 6.33. The summed E-state index contributed by atoms with van der Waals surface area (Å²) in [5.41, 5.74) is 0.564. The summed E-state index contributed by atoms with van der Waals surface area (Å²) in [4.78, 5) is 20.8. The maximum atomic E-state index is 13.1. The number of carbonyl (C=O) groups excluding carboxylic acids is 1. The van der Waals surface area contributed by atoms with E-state index in [0.29, 0.717) is 16.1 Å². The van der Waals surface area contributed by atoms with Crippen LogP contribution >= 0.6 is 11.6 Å². The highest BCUT2D eigenvalue weighted by atomic mass is 35.5. The minimum atomic E-state index is -4.69. The van der Waals surface area contributed by atoms with Gasteiger partial charge < -0.3 is 10.2 Å². The van der Waals surface area contributed by atoms with Crippen LogP contribution in [-0.4, -0.2) is 29.5 Å². The van der Waals surface area contributed by atoms with E-state index in [1.54, 1.807) is 42.5 Å². The monoisotopic (exact) mass is 394 g/mol. The van der Waals surface area contributed by atoms with Gasteiger partial charge in [-0.15, -0.1) is 0 Å². The molecule has 0 radical (unpaired) electrons. The van der Waals surface area contributed by atoms with Crippen LogP contribution < -0.4 is 10.2 Å². The summed E-state index contributed by atoms with van der Waals surface area (Å²) in [6.07, 6.45) is -4.69. The van der Waals surface area contributed by atoms with E-state index < -0.39 is 17.9 Å². The van der Waals surface area contributed by atoms with Crippen molar-refractivity contribution in [3.05, 3.63) is 59.4 Å². The molecule has 1 heterocycles. The second kappa shape index (κ2) is 7.40. The third-order valence-electron chi connectivity index (χ3n) is 3.73. The SMILES string of the molecule is CN(CC(=O)Nc1ccccc1Cl)c1nc(C(F)(F)F)nc2ccccc12. The Morgan fingerprint density at radius 1 is 1.11 bits per heavy atom. The van der Waals surface area contributed by atoms with Crippen LogP contribution in [0.3, 0.4) is 0 Å². The molecular weight excluding hydrogens is 381 g/mol. The molecule has 0 aliphatic carbocycles. The third kappa shape index (κ3) is 4.28. The van der Waals surface area contributed by atoms with Gasteiger partial charge in [0.1, 0.15) is 5.82 Å². The number of amides is 1. The van der Waals surface area contributed by atoms with E-state index in [0.717, 1.165) is 0 Å². The fourth-order valence-corrected chi connectivity index (χ4v) is 2.70. The van der Waals surface area contributed by atoms with Gasteiger partial charge in [-0.25, -0.2) is 9.97 Å². The van der Waals surface area contributed by atoms with Gasteiger partial charge in [-0.05, 0) is 24.3 Å². The molecule has 3 aromatic rings. The Kier molecular flexibility index (Phi) is 5.18. The van der Waals surface area contributed by atoms with Gasteiger partial charge in [0.15, 0.2) is 0 Å². The van der Waals surface area contributed by atoms with Gasteiger partial charge in [0.05, 0.1) is 22.8 Å². The summed E-state index contributed by atoms with van der Waals surface area (Å²) in [5, 5.41) is 3.40. The van der Waals surface area contributed by atoms with Crippen LogP contribution in [0, 0.1) is 0 Å². The number of anilines is 2. The number of likely N-dealkylation sites (N-methyl/N-ethyl adjacent to an activating group) is 1. The molecule has 0 saturated carbocycles. The lowest BCUT2D eigenvalue weighted by molar-refractivity contribution is -0.144. The molecule has 1 amide bonds. The molecule has 3 rings (SSSR count). The van der Waals surface area contributed by atoms with Crippen LogP contribution in [0.5, 0.6) is 0 Å². The molecule has 0 spiro atoms. The Morgan fingerprint density at radius 2 is 1.78 bits per heavy atom. The maximum Gasteiger partial charge on any atom is 0.451 e. The Balaban J connectivity index is 1.89. The van der Waals surface area contributed by atoms with Gasteiger partial charge in [-0.2, -0.15) is 13.2 Å². The smallest absolute Gasteiger partial charge is 0.350 e. The average molecular weight is 395 g/mol. The lowest BCUT2D eigenvalue weighted by atomic mass is 10.2. The van der Waals surface area contributed by atoms with Crippen molar-refractivity contribution in [1.29, 1.82) is 0 Å². The van der Waals surface area contributed by atoms with E-state index in [1.165, 1.54) is 18.0 Å². The Hall–Kier alpha value is -2.87. The molecule has 0 atom stereocenters. The van der Waals surface area contributed by atoms with Crippen molar-refractivity contribution in [2.24, 2.45) is 0 Å². The predicted molar refractivity (Wildman–Crippen MR) is 97.9 cm³/mol. The average Bonchev–Trinajstić information content (AvgIpc) is 2.61. The molecule has 2 aromatic carbocycles. The zero-order valence-electron chi connectivity index (χ0n) is 14.1. The van der Waals surface area contributed by atoms with E-state index in [2.05, 4.69) is 15.3 Å². The molecule has 9 heteroatoms. The van der Waals surface area contributed by atoms with Crippen LogP contribution in [0.1, 0.15) is 5.82 Å². The first-order valence-corrected chi connectivity index (χ1v) is 8.23. The molecule has 27 heavy (non-hydrogen) atoms. The molecule has 1 N–H and O–H groups in total. The predicted octanol–water partition coefficient (Wildman–Crippen LogP) is 4.38. The zero-order chi connectivity index (χ0) is 19.6. The van der Waals surface area contributed by atoms with Gasteiger partial charge in [0.2, 0.25) is 11.7 Å². The number of fused-ring (bicyclic) bond motifs is 1. The number of para-hydroxylation sites is 2. The maximum absolute atomic E-state index is 13.1. The molecule has 0 aliphatic heterocycles. The van der Waals surface area contributed by atoms with Gasteiger partial charge in [-0.3, -0.25) is 4.79 Å². The molecule has 0 unspecified atom stereocenters. The van der Waals surface area contributed by atoms with Crippen molar-refractivity contribution >= 4 is 39.9 Å². The number of carbonyl (C=O) groups is 1. The number of halogens is 4. The number of nitrogens with zero attached hydrogens (tertiary/aromatic N) is 3. The second-order valence-electron chi connectivity index (χ2n) is 5.77. The molecule has 5 nitrogen and oxygen atoms in total. The first kappa shape index (κ1) is 18.9. The number of hydrogen-bond acceptors (Lipinski definition) is 4. The van der Waals surface area contributed by atoms with Crippen LogP contribution in [-0.2, 0) is 11.0 Å². The van der Waals surface area contributed by atoms with Crippen molar-refractivity contribution in [3.8, 4) is 0 Å². The van der Waals surface area contributed by atoms with E-state index in [4.69, 9.17) is 11.6 Å². The number of alkyl halides is 3.